The Morgan fingerprint density at radius 3 is 2.75 bits per heavy atom. The molecular formula is C16H24N2OS. The quantitative estimate of drug-likeness (QED) is 0.874. The maximum absolute atomic E-state index is 12.2. The number of nitrogens with zero attached hydrogens (tertiary/aromatic N) is 1. The van der Waals surface area contributed by atoms with E-state index in [4.69, 9.17) is 0 Å². The summed E-state index contributed by atoms with van der Waals surface area (Å²) in [5.74, 6) is 1.28. The summed E-state index contributed by atoms with van der Waals surface area (Å²) < 4.78 is 0. The van der Waals surface area contributed by atoms with Crippen LogP contribution in [0.1, 0.15) is 37.0 Å². The lowest BCUT2D eigenvalue weighted by atomic mass is 10.0. The number of amides is 1. The Balaban J connectivity index is 1.35. The number of nitrogens with one attached hydrogen (secondary N) is 1. The van der Waals surface area contributed by atoms with E-state index in [1.165, 1.54) is 24.3 Å². The van der Waals surface area contributed by atoms with Gasteiger partial charge in [0.15, 0.2) is 0 Å². The molecule has 4 heteroatoms. The number of piperidine rings is 1. The predicted octanol–water partition coefficient (Wildman–Crippen LogP) is 2.67. The Bertz CT molecular complexity index is 420. The van der Waals surface area contributed by atoms with Crippen LogP contribution in [-0.4, -0.2) is 36.5 Å². The van der Waals surface area contributed by atoms with E-state index in [1.807, 2.05) is 0 Å². The molecule has 1 N–H and O–H groups in total. The third-order valence-electron chi connectivity index (χ3n) is 4.41. The SMILES string of the molecule is O=C(CCc1cccs1)N1CCC(NCC2CC2)CC1. The van der Waals surface area contributed by atoms with Gasteiger partial charge in [0.1, 0.15) is 0 Å². The molecule has 1 aliphatic heterocycles. The third kappa shape index (κ3) is 4.06. The normalized spacial score (nSPS) is 20.3. The Kier molecular flexibility index (Phi) is 4.73. The highest BCUT2D eigenvalue weighted by atomic mass is 32.1. The van der Waals surface area contributed by atoms with Gasteiger partial charge in [-0.3, -0.25) is 4.79 Å². The Morgan fingerprint density at radius 1 is 1.30 bits per heavy atom. The number of aryl methyl sites for hydroxylation is 1. The number of hydrogen-bond acceptors (Lipinski definition) is 3. The maximum Gasteiger partial charge on any atom is 0.222 e. The number of thiophene rings is 1. The zero-order valence-electron chi connectivity index (χ0n) is 12.0. The van der Waals surface area contributed by atoms with Crippen molar-refractivity contribution in [2.45, 2.75) is 44.6 Å². The molecule has 0 spiro atoms. The summed E-state index contributed by atoms with van der Waals surface area (Å²) in [6, 6.07) is 4.81. The molecule has 1 saturated heterocycles. The van der Waals surface area contributed by atoms with Crippen LogP contribution in [0.25, 0.3) is 0 Å². The van der Waals surface area contributed by atoms with Crippen molar-refractivity contribution in [1.82, 2.24) is 10.2 Å². The number of rotatable bonds is 6. The largest absolute Gasteiger partial charge is 0.343 e. The van der Waals surface area contributed by atoms with Crippen LogP contribution in [0.15, 0.2) is 17.5 Å². The summed E-state index contributed by atoms with van der Waals surface area (Å²) >= 11 is 1.75. The van der Waals surface area contributed by atoms with Crippen molar-refractivity contribution < 1.29 is 4.79 Å². The van der Waals surface area contributed by atoms with Crippen LogP contribution in [0.4, 0.5) is 0 Å². The van der Waals surface area contributed by atoms with Crippen molar-refractivity contribution >= 4 is 17.2 Å². The molecule has 1 aromatic rings. The summed E-state index contributed by atoms with van der Waals surface area (Å²) in [7, 11) is 0. The lowest BCUT2D eigenvalue weighted by Gasteiger charge is -2.32. The van der Waals surface area contributed by atoms with E-state index in [1.54, 1.807) is 11.3 Å². The van der Waals surface area contributed by atoms with Crippen LogP contribution in [-0.2, 0) is 11.2 Å². The minimum Gasteiger partial charge on any atom is -0.343 e. The van der Waals surface area contributed by atoms with Gasteiger partial charge in [0.2, 0.25) is 5.91 Å². The first kappa shape index (κ1) is 14.1. The topological polar surface area (TPSA) is 32.3 Å². The highest BCUT2D eigenvalue weighted by Crippen LogP contribution is 2.28. The molecule has 2 aliphatic rings. The fraction of sp³-hybridized carbons (Fsp3) is 0.688. The predicted molar refractivity (Wildman–Crippen MR) is 83.0 cm³/mol. The van der Waals surface area contributed by atoms with Gasteiger partial charge in [-0.25, -0.2) is 0 Å². The average Bonchev–Trinajstić information content (AvgIpc) is 3.17. The minimum absolute atomic E-state index is 0.332. The van der Waals surface area contributed by atoms with Gasteiger partial charge in [0.05, 0.1) is 0 Å². The van der Waals surface area contributed by atoms with Crippen LogP contribution in [0, 0.1) is 5.92 Å². The zero-order chi connectivity index (χ0) is 13.8. The van der Waals surface area contributed by atoms with Crippen molar-refractivity contribution in [3.05, 3.63) is 22.4 Å². The highest BCUT2D eigenvalue weighted by molar-refractivity contribution is 7.09. The molecule has 1 amide bonds. The molecule has 0 bridgehead atoms. The first-order valence-corrected chi connectivity index (χ1v) is 8.73. The Hall–Kier alpha value is -0.870. The number of carbonyl (C=O) groups is 1. The summed E-state index contributed by atoms with van der Waals surface area (Å²) in [6.45, 7) is 3.06. The second-order valence-corrected chi connectivity index (χ2v) is 7.12. The van der Waals surface area contributed by atoms with Crippen LogP contribution in [0.5, 0.6) is 0 Å². The lowest BCUT2D eigenvalue weighted by Crippen LogP contribution is -2.45. The van der Waals surface area contributed by atoms with Crippen molar-refractivity contribution in [2.75, 3.05) is 19.6 Å². The van der Waals surface area contributed by atoms with Gasteiger partial charge in [-0.05, 0) is 56.0 Å². The van der Waals surface area contributed by atoms with E-state index in [0.29, 0.717) is 18.4 Å². The Morgan fingerprint density at radius 2 is 2.10 bits per heavy atom. The summed E-state index contributed by atoms with van der Waals surface area (Å²) in [5, 5.41) is 5.74. The van der Waals surface area contributed by atoms with E-state index < -0.39 is 0 Å². The summed E-state index contributed by atoms with van der Waals surface area (Å²) in [5.41, 5.74) is 0. The van der Waals surface area contributed by atoms with Crippen molar-refractivity contribution in [2.24, 2.45) is 5.92 Å². The zero-order valence-corrected chi connectivity index (χ0v) is 12.8. The van der Waals surface area contributed by atoms with Gasteiger partial charge in [-0.2, -0.15) is 0 Å². The van der Waals surface area contributed by atoms with Crippen LogP contribution >= 0.6 is 11.3 Å². The molecule has 2 heterocycles. The number of carbonyl (C=O) groups excluding carboxylic acids is 1. The van der Waals surface area contributed by atoms with Crippen molar-refractivity contribution in [3.8, 4) is 0 Å². The molecule has 2 fully saturated rings. The molecule has 0 aromatic carbocycles. The van der Waals surface area contributed by atoms with E-state index >= 15 is 0 Å². The first-order valence-electron chi connectivity index (χ1n) is 7.85. The Labute approximate surface area is 125 Å². The van der Waals surface area contributed by atoms with Crippen LogP contribution in [0.2, 0.25) is 0 Å². The molecule has 3 nitrogen and oxygen atoms in total. The van der Waals surface area contributed by atoms with E-state index in [0.717, 1.165) is 38.3 Å². The average molecular weight is 292 g/mol. The van der Waals surface area contributed by atoms with Gasteiger partial charge in [-0.15, -0.1) is 11.3 Å². The molecule has 1 saturated carbocycles. The molecule has 110 valence electrons. The molecule has 20 heavy (non-hydrogen) atoms. The van der Waals surface area contributed by atoms with Gasteiger partial charge in [-0.1, -0.05) is 6.07 Å². The molecule has 0 unspecified atom stereocenters. The number of hydrogen-bond donors (Lipinski definition) is 1. The molecule has 0 radical (unpaired) electrons. The van der Waals surface area contributed by atoms with Gasteiger partial charge in [0, 0.05) is 30.4 Å². The standard InChI is InChI=1S/C16H24N2OS/c19-16(6-5-15-2-1-11-20-15)18-9-7-14(8-10-18)17-12-13-3-4-13/h1-2,11,13-14,17H,3-10,12H2. The molecule has 1 aromatic heterocycles. The van der Waals surface area contributed by atoms with E-state index in [-0.39, 0.29) is 0 Å². The maximum atomic E-state index is 12.2. The van der Waals surface area contributed by atoms with E-state index in [2.05, 4.69) is 27.7 Å². The lowest BCUT2D eigenvalue weighted by molar-refractivity contribution is -0.132. The molecule has 0 atom stereocenters. The minimum atomic E-state index is 0.332. The van der Waals surface area contributed by atoms with Gasteiger partial charge in [0.25, 0.3) is 0 Å². The van der Waals surface area contributed by atoms with Crippen LogP contribution in [0.3, 0.4) is 0 Å². The summed E-state index contributed by atoms with van der Waals surface area (Å²) in [4.78, 5) is 15.6. The van der Waals surface area contributed by atoms with Crippen LogP contribution < -0.4 is 5.32 Å². The summed E-state index contributed by atoms with van der Waals surface area (Å²) in [6.07, 6.45) is 6.63. The second kappa shape index (κ2) is 6.72. The van der Waals surface area contributed by atoms with Crippen molar-refractivity contribution in [1.29, 1.82) is 0 Å². The van der Waals surface area contributed by atoms with E-state index in [9.17, 15) is 4.79 Å². The first-order chi connectivity index (χ1) is 9.81. The number of likely N-dealkylation sites (tertiary alicyclic amines) is 1. The molecular weight excluding hydrogens is 268 g/mol. The highest BCUT2D eigenvalue weighted by Gasteiger charge is 2.25. The second-order valence-electron chi connectivity index (χ2n) is 6.09. The fourth-order valence-electron chi connectivity index (χ4n) is 2.83. The van der Waals surface area contributed by atoms with Crippen molar-refractivity contribution in [3.63, 3.8) is 0 Å². The fourth-order valence-corrected chi connectivity index (χ4v) is 3.54. The van der Waals surface area contributed by atoms with Gasteiger partial charge < -0.3 is 10.2 Å². The molecule has 3 rings (SSSR count). The monoisotopic (exact) mass is 292 g/mol. The van der Waals surface area contributed by atoms with Gasteiger partial charge >= 0.3 is 0 Å². The molecule has 1 aliphatic carbocycles. The third-order valence-corrected chi connectivity index (χ3v) is 5.34. The smallest absolute Gasteiger partial charge is 0.222 e.